The summed E-state index contributed by atoms with van der Waals surface area (Å²) >= 11 is 0. The zero-order chi connectivity index (χ0) is 6.81. The first-order valence-corrected chi connectivity index (χ1v) is 3.35. The van der Waals surface area contributed by atoms with Crippen molar-refractivity contribution in [3.05, 3.63) is 35.9 Å². The third kappa shape index (κ3) is 7.16. The summed E-state index contributed by atoms with van der Waals surface area (Å²) in [7, 11) is 0. The van der Waals surface area contributed by atoms with Gasteiger partial charge in [-0.2, -0.15) is 0 Å². The Hall–Kier alpha value is -0.166. The second-order valence-corrected chi connectivity index (χ2v) is 2.25. The summed E-state index contributed by atoms with van der Waals surface area (Å²) in [6, 6.07) is 8.03. The minimum absolute atomic E-state index is 0. The largest absolute Gasteiger partial charge is 0.489 e. The number of fused-ring (bicyclic) bond motifs is 1. The van der Waals surface area contributed by atoms with E-state index in [0.717, 1.165) is 5.75 Å². The van der Waals surface area contributed by atoms with Crippen molar-refractivity contribution in [3.63, 3.8) is 0 Å². The van der Waals surface area contributed by atoms with Crippen molar-refractivity contribution in [2.24, 2.45) is 0 Å². The number of para-hydroxylation sites is 1. The number of benzene rings is 1. The normalized spacial score (nSPS) is 8.75. The van der Waals surface area contributed by atoms with E-state index in [4.69, 9.17) is 4.74 Å². The number of hydrogen-bond acceptors (Lipinski definition) is 1. The van der Waals surface area contributed by atoms with Crippen molar-refractivity contribution >= 4 is 6.08 Å². The predicted molar refractivity (Wildman–Crippen MR) is 55.4 cm³/mol. The maximum atomic E-state index is 5.34. The minimum atomic E-state index is 0. The molecule has 7 heteroatoms. The molecule has 0 bridgehead atoms. The number of hydrogen-bond donors (Lipinski definition) is 0. The summed E-state index contributed by atoms with van der Waals surface area (Å²) in [6.45, 7) is 0.705. The van der Waals surface area contributed by atoms with E-state index < -0.39 is 0 Å². The molecule has 1 heterocycles. The van der Waals surface area contributed by atoms with Crippen LogP contribution in [0.2, 0.25) is 0 Å². The van der Waals surface area contributed by atoms with Gasteiger partial charge >= 0.3 is 0 Å². The van der Waals surface area contributed by atoms with E-state index in [0.29, 0.717) is 6.61 Å². The zero-order valence-electron chi connectivity index (χ0n) is 8.43. The molecule has 0 spiro atoms. The first-order valence-electron chi connectivity index (χ1n) is 3.35. The first-order chi connectivity index (χ1) is 4.97. The molecule has 0 radical (unpaired) electrons. The molecule has 0 atom stereocenters. The quantitative estimate of drug-likeness (QED) is 0.546. The minimum Gasteiger partial charge on any atom is -0.489 e. The van der Waals surface area contributed by atoms with Gasteiger partial charge in [0, 0.05) is 44.3 Å². The molecule has 0 aliphatic carbocycles. The Labute approximate surface area is 119 Å². The summed E-state index contributed by atoms with van der Waals surface area (Å²) in [5.41, 5.74) is 1.17. The molecule has 1 aliphatic rings. The van der Waals surface area contributed by atoms with Gasteiger partial charge in [-0.15, -0.1) is 0 Å². The van der Waals surface area contributed by atoms with E-state index in [1.165, 1.54) is 5.56 Å². The van der Waals surface area contributed by atoms with Crippen molar-refractivity contribution in [1.29, 1.82) is 0 Å². The van der Waals surface area contributed by atoms with Crippen LogP contribution in [0, 0.1) is 0 Å². The molecule has 0 unspecified atom stereocenters. The fraction of sp³-hybridized carbons (Fsp3) is 0.111. The summed E-state index contributed by atoms with van der Waals surface area (Å²) < 4.78 is 5.34. The third-order valence-electron chi connectivity index (χ3n) is 1.55. The Kier molecular flexibility index (Phi) is 27.5. The first kappa shape index (κ1) is 29.7. The molecule has 0 fully saturated rings. The summed E-state index contributed by atoms with van der Waals surface area (Å²) in [5, 5.41) is 0. The molecule has 0 amide bonds. The summed E-state index contributed by atoms with van der Waals surface area (Å²) in [6.07, 6.45) is 4.10. The van der Waals surface area contributed by atoms with Crippen LogP contribution in [0.15, 0.2) is 30.3 Å². The van der Waals surface area contributed by atoms with Gasteiger partial charge in [0.15, 0.2) is 0 Å². The second-order valence-electron chi connectivity index (χ2n) is 2.25. The van der Waals surface area contributed by atoms with Gasteiger partial charge in [0.1, 0.15) is 12.4 Å². The van der Waals surface area contributed by atoms with Crippen LogP contribution in [0.5, 0.6) is 5.75 Å². The van der Waals surface area contributed by atoms with Crippen LogP contribution in [0.3, 0.4) is 0 Å². The predicted octanol–water partition coefficient (Wildman–Crippen LogP) is -1.21. The molecule has 0 saturated heterocycles. The van der Waals surface area contributed by atoms with Crippen molar-refractivity contribution in [3.8, 4) is 5.75 Å². The van der Waals surface area contributed by atoms with Crippen LogP contribution in [0.4, 0.5) is 0 Å². The maximum absolute atomic E-state index is 5.34. The molecule has 94 valence electrons. The second kappa shape index (κ2) is 14.8. The molecule has 8 N–H and O–H groups in total. The van der Waals surface area contributed by atoms with E-state index in [2.05, 4.69) is 6.08 Å². The Morgan fingerprint density at radius 3 is 2.06 bits per heavy atom. The Bertz CT molecular complexity index is 282. The molecule has 0 saturated carbocycles. The molecule has 16 heavy (non-hydrogen) atoms. The smallest absolute Gasteiger partial charge is 0.126 e. The van der Waals surface area contributed by atoms with Crippen molar-refractivity contribution < 1.29 is 65.4 Å². The summed E-state index contributed by atoms with van der Waals surface area (Å²) in [5.74, 6) is 0.991. The van der Waals surface area contributed by atoms with E-state index >= 15 is 0 Å². The van der Waals surface area contributed by atoms with Crippen LogP contribution < -0.4 is 4.74 Å². The SMILES string of the molecule is C1=Cc2ccccc2OC1.O.O.O.O.[Fe].[Ti]. The van der Waals surface area contributed by atoms with E-state index in [-0.39, 0.29) is 60.7 Å². The summed E-state index contributed by atoms with van der Waals surface area (Å²) in [4.78, 5) is 0. The van der Waals surface area contributed by atoms with Crippen LogP contribution in [0.25, 0.3) is 6.08 Å². The molecular formula is C9H16FeO5Ti. The topological polar surface area (TPSA) is 135 Å². The van der Waals surface area contributed by atoms with E-state index in [1.807, 2.05) is 30.3 Å². The number of rotatable bonds is 0. The molecule has 5 nitrogen and oxygen atoms in total. The average molecular weight is 308 g/mol. The third-order valence-corrected chi connectivity index (χ3v) is 1.55. The van der Waals surface area contributed by atoms with Gasteiger partial charge in [-0.3, -0.25) is 0 Å². The maximum Gasteiger partial charge on any atom is 0.126 e. The fourth-order valence-corrected chi connectivity index (χ4v) is 1.06. The monoisotopic (exact) mass is 308 g/mol. The van der Waals surface area contributed by atoms with Gasteiger partial charge in [0.25, 0.3) is 0 Å². The molecule has 1 aliphatic heterocycles. The van der Waals surface area contributed by atoms with Crippen LogP contribution in [-0.4, -0.2) is 28.5 Å². The van der Waals surface area contributed by atoms with Crippen molar-refractivity contribution in [2.75, 3.05) is 6.61 Å². The van der Waals surface area contributed by atoms with Gasteiger partial charge in [0.2, 0.25) is 0 Å². The Balaban J connectivity index is -0.0000000672. The standard InChI is InChI=1S/C9H8O.Fe.4H2O.Ti/c1-2-6-9-8(4-1)5-3-7-10-9;;;;;;/h1-6H,7H2;;4*1H2;. The van der Waals surface area contributed by atoms with Crippen LogP contribution in [-0.2, 0) is 38.8 Å². The van der Waals surface area contributed by atoms with Crippen LogP contribution in [0.1, 0.15) is 5.56 Å². The van der Waals surface area contributed by atoms with Crippen LogP contribution >= 0.6 is 0 Å². The van der Waals surface area contributed by atoms with Crippen molar-refractivity contribution in [1.82, 2.24) is 0 Å². The molecule has 0 aromatic heterocycles. The fourth-order valence-electron chi connectivity index (χ4n) is 1.06. The zero-order valence-corrected chi connectivity index (χ0v) is 11.1. The van der Waals surface area contributed by atoms with E-state index in [1.54, 1.807) is 0 Å². The molecule has 1 aromatic carbocycles. The van der Waals surface area contributed by atoms with Gasteiger partial charge in [-0.05, 0) is 12.1 Å². The van der Waals surface area contributed by atoms with E-state index in [9.17, 15) is 0 Å². The molecular weight excluding hydrogens is 292 g/mol. The van der Waals surface area contributed by atoms with Gasteiger partial charge < -0.3 is 26.6 Å². The van der Waals surface area contributed by atoms with Gasteiger partial charge in [-0.25, -0.2) is 0 Å². The number of ether oxygens (including phenoxy) is 1. The van der Waals surface area contributed by atoms with Crippen molar-refractivity contribution in [2.45, 2.75) is 0 Å². The molecule has 1 aromatic rings. The average Bonchev–Trinajstić information content (AvgIpc) is 2.05. The molecule has 2 rings (SSSR count). The Morgan fingerprint density at radius 1 is 0.938 bits per heavy atom. The Morgan fingerprint density at radius 2 is 1.50 bits per heavy atom. The van der Waals surface area contributed by atoms with Gasteiger partial charge in [-0.1, -0.05) is 24.3 Å². The van der Waals surface area contributed by atoms with Gasteiger partial charge in [0.05, 0.1) is 0 Å².